The number of carbonyl (C=O) groups is 1. The second kappa shape index (κ2) is 8.83. The van der Waals surface area contributed by atoms with Crippen LogP contribution in [0.2, 0.25) is 0 Å². The largest absolute Gasteiger partial charge is 0.297 e. The average Bonchev–Trinajstić information content (AvgIpc) is 2.82. The van der Waals surface area contributed by atoms with Crippen LogP contribution in [-0.4, -0.2) is 35.3 Å². The molecule has 0 bridgehead atoms. The van der Waals surface area contributed by atoms with Gasteiger partial charge in [-0.05, 0) is 55.8 Å². The van der Waals surface area contributed by atoms with E-state index in [-0.39, 0.29) is 5.78 Å². The second-order valence-electron chi connectivity index (χ2n) is 8.19. The van der Waals surface area contributed by atoms with Gasteiger partial charge in [0.15, 0.2) is 5.78 Å². The van der Waals surface area contributed by atoms with Crippen molar-refractivity contribution in [2.24, 2.45) is 0 Å². The van der Waals surface area contributed by atoms with Crippen LogP contribution >= 0.6 is 0 Å². The van der Waals surface area contributed by atoms with Gasteiger partial charge in [-0.15, -0.1) is 0 Å². The Morgan fingerprint density at radius 2 is 1.52 bits per heavy atom. The van der Waals surface area contributed by atoms with Crippen molar-refractivity contribution in [2.45, 2.75) is 25.3 Å². The second-order valence-corrected chi connectivity index (χ2v) is 8.19. The Labute approximate surface area is 184 Å². The summed E-state index contributed by atoms with van der Waals surface area (Å²) in [6.45, 7) is 2.10. The third-order valence-electron chi connectivity index (χ3n) is 6.31. The molecule has 0 radical (unpaired) electrons. The highest BCUT2D eigenvalue weighted by atomic mass is 16.1. The molecule has 1 atom stereocenters. The van der Waals surface area contributed by atoms with E-state index in [1.54, 1.807) is 0 Å². The van der Waals surface area contributed by atoms with E-state index in [4.69, 9.17) is 0 Å². The molecule has 0 spiro atoms. The fraction of sp³-hybridized carbons (Fsp3) is 0.214. The molecule has 0 aliphatic rings. The summed E-state index contributed by atoms with van der Waals surface area (Å²) in [7, 11) is 4.02. The molecule has 31 heavy (non-hydrogen) atoms. The molecule has 0 saturated heterocycles. The van der Waals surface area contributed by atoms with Gasteiger partial charge in [-0.25, -0.2) is 0 Å². The van der Waals surface area contributed by atoms with Gasteiger partial charge in [-0.2, -0.15) is 0 Å². The summed E-state index contributed by atoms with van der Waals surface area (Å²) in [5.41, 5.74) is 4.22. The number of rotatable bonds is 7. The highest BCUT2D eigenvalue weighted by Gasteiger charge is 2.40. The van der Waals surface area contributed by atoms with Crippen LogP contribution in [-0.2, 0) is 6.42 Å². The molecular weight excluding hydrogens is 380 g/mol. The van der Waals surface area contributed by atoms with Crippen molar-refractivity contribution in [3.8, 4) is 11.1 Å². The molecule has 3 heteroatoms. The van der Waals surface area contributed by atoms with Crippen LogP contribution in [0.1, 0.15) is 29.3 Å². The summed E-state index contributed by atoms with van der Waals surface area (Å²) >= 11 is 0. The monoisotopic (exact) mass is 408 g/mol. The molecule has 0 fully saturated rings. The van der Waals surface area contributed by atoms with Crippen molar-refractivity contribution < 1.29 is 4.79 Å². The Kier molecular flexibility index (Phi) is 5.97. The molecule has 4 aromatic rings. The van der Waals surface area contributed by atoms with Crippen molar-refractivity contribution in [2.75, 3.05) is 14.1 Å². The molecule has 156 valence electrons. The van der Waals surface area contributed by atoms with E-state index in [1.165, 1.54) is 5.56 Å². The minimum atomic E-state index is -0.625. The van der Waals surface area contributed by atoms with Gasteiger partial charge in [0.05, 0.1) is 11.1 Å². The van der Waals surface area contributed by atoms with Gasteiger partial charge >= 0.3 is 0 Å². The van der Waals surface area contributed by atoms with Gasteiger partial charge in [0.2, 0.25) is 0 Å². The van der Waals surface area contributed by atoms with E-state index in [2.05, 4.69) is 35.0 Å². The normalized spacial score (nSPS) is 13.3. The van der Waals surface area contributed by atoms with Gasteiger partial charge in [-0.1, -0.05) is 79.7 Å². The molecule has 3 aromatic carbocycles. The predicted octanol–water partition coefficient (Wildman–Crippen LogP) is 6.04. The zero-order chi connectivity index (χ0) is 21.8. The van der Waals surface area contributed by atoms with Crippen LogP contribution in [0, 0.1) is 0 Å². The Hall–Kier alpha value is -3.30. The highest BCUT2D eigenvalue weighted by Crippen LogP contribution is 2.35. The van der Waals surface area contributed by atoms with Gasteiger partial charge < -0.3 is 0 Å². The molecule has 4 rings (SSSR count). The summed E-state index contributed by atoms with van der Waals surface area (Å²) in [6, 6.07) is 28.4. The lowest BCUT2D eigenvalue weighted by molar-refractivity contribution is 0.0667. The van der Waals surface area contributed by atoms with Crippen molar-refractivity contribution in [3.05, 3.63) is 102 Å². The summed E-state index contributed by atoms with van der Waals surface area (Å²) < 4.78 is 0. The number of carbonyl (C=O) groups excluding carboxylic acids is 1. The van der Waals surface area contributed by atoms with Gasteiger partial charge in [0.1, 0.15) is 0 Å². The minimum absolute atomic E-state index is 0.153. The van der Waals surface area contributed by atoms with Crippen LogP contribution in [0.3, 0.4) is 0 Å². The van der Waals surface area contributed by atoms with E-state index in [0.717, 1.165) is 34.0 Å². The maximum atomic E-state index is 14.2. The third-order valence-corrected chi connectivity index (χ3v) is 6.31. The standard InChI is InChI=1S/C28H28N2O/c1-4-28(30(2)3,20-21-12-6-5-7-13-21)27(31)25-16-9-8-14-22(25)23-18-19-29-26-17-11-10-15-24(23)26/h5-19H,4,20H2,1-3H3. The number of pyridine rings is 1. The Bertz CT molecular complexity index is 1190. The first-order chi connectivity index (χ1) is 15.1. The first-order valence-corrected chi connectivity index (χ1v) is 10.8. The molecule has 3 nitrogen and oxygen atoms in total. The molecule has 1 unspecified atom stereocenters. The molecular formula is C28H28N2O. The van der Waals surface area contributed by atoms with Crippen molar-refractivity contribution >= 4 is 16.7 Å². The Morgan fingerprint density at radius 3 is 2.26 bits per heavy atom. The fourth-order valence-corrected chi connectivity index (χ4v) is 4.47. The summed E-state index contributed by atoms with van der Waals surface area (Å²) in [5.74, 6) is 0.153. The first kappa shape index (κ1) is 21.0. The summed E-state index contributed by atoms with van der Waals surface area (Å²) in [6.07, 6.45) is 3.21. The average molecular weight is 409 g/mol. The van der Waals surface area contributed by atoms with Crippen molar-refractivity contribution in [1.29, 1.82) is 0 Å². The molecule has 1 heterocycles. The number of nitrogens with zero attached hydrogens (tertiary/aromatic N) is 2. The number of aromatic nitrogens is 1. The van der Waals surface area contributed by atoms with E-state index in [9.17, 15) is 4.79 Å². The number of Topliss-reactive ketones (excluding diaryl/α,β-unsaturated/α-hetero) is 1. The lowest BCUT2D eigenvalue weighted by Crippen LogP contribution is -2.52. The van der Waals surface area contributed by atoms with Crippen LogP contribution in [0.25, 0.3) is 22.0 Å². The Balaban J connectivity index is 1.86. The lowest BCUT2D eigenvalue weighted by Gasteiger charge is -2.38. The van der Waals surface area contributed by atoms with E-state index >= 15 is 0 Å². The summed E-state index contributed by atoms with van der Waals surface area (Å²) in [4.78, 5) is 20.8. The number of hydrogen-bond donors (Lipinski definition) is 0. The molecule has 0 N–H and O–H groups in total. The lowest BCUT2D eigenvalue weighted by atomic mass is 9.78. The van der Waals surface area contributed by atoms with E-state index in [0.29, 0.717) is 6.42 Å². The maximum absolute atomic E-state index is 14.2. The zero-order valence-corrected chi connectivity index (χ0v) is 18.4. The number of fused-ring (bicyclic) bond motifs is 1. The van der Waals surface area contributed by atoms with Gasteiger partial charge in [-0.3, -0.25) is 14.7 Å². The Morgan fingerprint density at radius 1 is 0.839 bits per heavy atom. The maximum Gasteiger partial charge on any atom is 0.183 e. The number of hydrogen-bond acceptors (Lipinski definition) is 3. The predicted molar refractivity (Wildman–Crippen MR) is 128 cm³/mol. The molecule has 1 aromatic heterocycles. The summed E-state index contributed by atoms with van der Waals surface area (Å²) in [5, 5.41) is 1.06. The van der Waals surface area contributed by atoms with Crippen LogP contribution in [0.4, 0.5) is 0 Å². The smallest absolute Gasteiger partial charge is 0.183 e. The zero-order valence-electron chi connectivity index (χ0n) is 18.4. The SMILES string of the molecule is CCC(Cc1ccccc1)(C(=O)c1ccccc1-c1ccnc2ccccc12)N(C)C. The molecule has 0 amide bonds. The van der Waals surface area contributed by atoms with E-state index in [1.807, 2.05) is 87.0 Å². The topological polar surface area (TPSA) is 33.2 Å². The van der Waals surface area contributed by atoms with Crippen LogP contribution in [0.15, 0.2) is 91.1 Å². The van der Waals surface area contributed by atoms with Crippen molar-refractivity contribution in [3.63, 3.8) is 0 Å². The molecule has 0 saturated carbocycles. The van der Waals surface area contributed by atoms with Gasteiger partial charge in [0, 0.05) is 17.1 Å². The molecule has 0 aliphatic carbocycles. The number of likely N-dealkylation sites (N-methyl/N-ethyl adjacent to an activating group) is 1. The van der Waals surface area contributed by atoms with Gasteiger partial charge in [0.25, 0.3) is 0 Å². The van der Waals surface area contributed by atoms with Crippen LogP contribution in [0.5, 0.6) is 0 Å². The van der Waals surface area contributed by atoms with Crippen molar-refractivity contribution in [1.82, 2.24) is 9.88 Å². The number of benzene rings is 3. The van der Waals surface area contributed by atoms with E-state index < -0.39 is 5.54 Å². The van der Waals surface area contributed by atoms with Crippen LogP contribution < -0.4 is 0 Å². The number of ketones is 1. The third kappa shape index (κ3) is 3.89. The minimum Gasteiger partial charge on any atom is -0.297 e. The fourth-order valence-electron chi connectivity index (χ4n) is 4.47. The quantitative estimate of drug-likeness (QED) is 0.350. The highest BCUT2D eigenvalue weighted by molar-refractivity contribution is 6.10. The number of para-hydroxylation sites is 1. The first-order valence-electron chi connectivity index (χ1n) is 10.8. The molecule has 0 aliphatic heterocycles.